The average Bonchev–Trinajstić information content (AvgIpc) is 2.92. The number of rotatable bonds is 3. The fourth-order valence-electron chi connectivity index (χ4n) is 1.93. The zero-order chi connectivity index (χ0) is 13.9. The lowest BCUT2D eigenvalue weighted by atomic mass is 10.2. The summed E-state index contributed by atoms with van der Waals surface area (Å²) < 4.78 is 14.7. The molecular weight excluding hydrogens is 257 g/mol. The predicted molar refractivity (Wildman–Crippen MR) is 72.1 cm³/mol. The van der Waals surface area contributed by atoms with Gasteiger partial charge in [0.05, 0.1) is 16.9 Å². The van der Waals surface area contributed by atoms with Crippen molar-refractivity contribution < 1.29 is 9.18 Å². The molecule has 0 bridgehead atoms. The molecule has 0 spiro atoms. The number of halogens is 1. The summed E-state index contributed by atoms with van der Waals surface area (Å²) >= 11 is 0. The van der Waals surface area contributed by atoms with Crippen molar-refractivity contribution in [3.63, 3.8) is 0 Å². The Morgan fingerprint density at radius 1 is 1.15 bits per heavy atom. The van der Waals surface area contributed by atoms with E-state index in [1.54, 1.807) is 36.7 Å². The molecule has 0 saturated carbocycles. The molecule has 5 heteroatoms. The lowest BCUT2D eigenvalue weighted by molar-refractivity contribution is 0.112. The molecule has 0 saturated heterocycles. The molecule has 0 aliphatic carbocycles. The topological polar surface area (TPSA) is 47.8 Å². The predicted octanol–water partition coefficient (Wildman–Crippen LogP) is 2.89. The van der Waals surface area contributed by atoms with Crippen LogP contribution in [0.2, 0.25) is 0 Å². The van der Waals surface area contributed by atoms with E-state index in [2.05, 4.69) is 10.1 Å². The van der Waals surface area contributed by atoms with Crippen molar-refractivity contribution in [3.05, 3.63) is 66.2 Å². The standard InChI is InChI=1S/C15H10FN3O/c16-12-4-3-5-13(8-12)19-9-11(10-20)15(18-19)14-6-1-2-7-17-14/h1-10H. The number of nitrogens with zero attached hydrogens (tertiary/aromatic N) is 3. The zero-order valence-corrected chi connectivity index (χ0v) is 10.4. The van der Waals surface area contributed by atoms with E-state index in [0.29, 0.717) is 28.9 Å². The molecule has 0 aliphatic rings. The van der Waals surface area contributed by atoms with Gasteiger partial charge >= 0.3 is 0 Å². The van der Waals surface area contributed by atoms with Crippen LogP contribution in [0.4, 0.5) is 4.39 Å². The fraction of sp³-hybridized carbons (Fsp3) is 0. The van der Waals surface area contributed by atoms with Crippen molar-refractivity contribution >= 4 is 6.29 Å². The maximum Gasteiger partial charge on any atom is 0.153 e. The van der Waals surface area contributed by atoms with Gasteiger partial charge in [0.25, 0.3) is 0 Å². The highest BCUT2D eigenvalue weighted by atomic mass is 19.1. The Balaban J connectivity index is 2.12. The van der Waals surface area contributed by atoms with E-state index in [1.807, 2.05) is 6.07 Å². The van der Waals surface area contributed by atoms with Crippen LogP contribution in [0.3, 0.4) is 0 Å². The van der Waals surface area contributed by atoms with Crippen LogP contribution in [0.15, 0.2) is 54.9 Å². The van der Waals surface area contributed by atoms with Crippen molar-refractivity contribution in [1.82, 2.24) is 14.8 Å². The van der Waals surface area contributed by atoms with Crippen molar-refractivity contribution in [2.24, 2.45) is 0 Å². The molecular formula is C15H10FN3O. The number of aromatic nitrogens is 3. The first-order valence-electron chi connectivity index (χ1n) is 6.00. The van der Waals surface area contributed by atoms with Crippen molar-refractivity contribution in [3.8, 4) is 17.1 Å². The highest BCUT2D eigenvalue weighted by Gasteiger charge is 2.12. The molecule has 0 atom stereocenters. The summed E-state index contributed by atoms with van der Waals surface area (Å²) in [4.78, 5) is 15.3. The largest absolute Gasteiger partial charge is 0.298 e. The Labute approximate surface area is 114 Å². The van der Waals surface area contributed by atoms with Crippen LogP contribution < -0.4 is 0 Å². The Morgan fingerprint density at radius 3 is 2.75 bits per heavy atom. The maximum atomic E-state index is 13.2. The van der Waals surface area contributed by atoms with Gasteiger partial charge in [-0.05, 0) is 30.3 Å². The molecule has 98 valence electrons. The van der Waals surface area contributed by atoms with Crippen molar-refractivity contribution in [2.45, 2.75) is 0 Å². The first kappa shape index (κ1) is 12.2. The van der Waals surface area contributed by atoms with Gasteiger partial charge in [-0.2, -0.15) is 5.10 Å². The van der Waals surface area contributed by atoms with E-state index in [9.17, 15) is 9.18 Å². The third-order valence-electron chi connectivity index (χ3n) is 2.85. The van der Waals surface area contributed by atoms with E-state index in [4.69, 9.17) is 0 Å². The summed E-state index contributed by atoms with van der Waals surface area (Å²) in [6, 6.07) is 11.4. The first-order chi connectivity index (χ1) is 9.78. The van der Waals surface area contributed by atoms with E-state index in [0.717, 1.165) is 0 Å². The Kier molecular flexibility index (Phi) is 3.09. The van der Waals surface area contributed by atoms with Gasteiger partial charge in [0.15, 0.2) is 6.29 Å². The second-order valence-electron chi connectivity index (χ2n) is 4.19. The minimum Gasteiger partial charge on any atom is -0.298 e. The average molecular weight is 267 g/mol. The van der Waals surface area contributed by atoms with Crippen LogP contribution in [0, 0.1) is 5.82 Å². The molecule has 0 amide bonds. The van der Waals surface area contributed by atoms with Crippen LogP contribution >= 0.6 is 0 Å². The molecule has 0 aliphatic heterocycles. The van der Waals surface area contributed by atoms with Crippen molar-refractivity contribution in [1.29, 1.82) is 0 Å². The van der Waals surface area contributed by atoms with E-state index in [1.165, 1.54) is 16.8 Å². The number of benzene rings is 1. The molecule has 0 N–H and O–H groups in total. The number of hydrogen-bond donors (Lipinski definition) is 0. The monoisotopic (exact) mass is 267 g/mol. The van der Waals surface area contributed by atoms with Crippen LogP contribution in [-0.4, -0.2) is 21.1 Å². The Hall–Kier alpha value is -2.82. The lowest BCUT2D eigenvalue weighted by Gasteiger charge is -2.00. The molecule has 1 aromatic carbocycles. The highest BCUT2D eigenvalue weighted by Crippen LogP contribution is 2.20. The van der Waals surface area contributed by atoms with Gasteiger partial charge in [0, 0.05) is 12.4 Å². The quantitative estimate of drug-likeness (QED) is 0.685. The molecule has 3 rings (SSSR count). The van der Waals surface area contributed by atoms with E-state index in [-0.39, 0.29) is 5.82 Å². The van der Waals surface area contributed by atoms with E-state index >= 15 is 0 Å². The van der Waals surface area contributed by atoms with Gasteiger partial charge in [0.1, 0.15) is 11.5 Å². The molecule has 2 aromatic heterocycles. The summed E-state index contributed by atoms with van der Waals surface area (Å²) in [6.07, 6.45) is 3.91. The number of pyridine rings is 1. The van der Waals surface area contributed by atoms with Gasteiger partial charge in [-0.3, -0.25) is 9.78 Å². The zero-order valence-electron chi connectivity index (χ0n) is 10.4. The Bertz CT molecular complexity index is 753. The lowest BCUT2D eigenvalue weighted by Crippen LogP contribution is -1.95. The number of hydrogen-bond acceptors (Lipinski definition) is 3. The van der Waals surface area contributed by atoms with Gasteiger partial charge in [-0.15, -0.1) is 0 Å². The maximum absolute atomic E-state index is 13.2. The second-order valence-corrected chi connectivity index (χ2v) is 4.19. The summed E-state index contributed by atoms with van der Waals surface area (Å²) in [5, 5.41) is 4.32. The van der Waals surface area contributed by atoms with Crippen molar-refractivity contribution in [2.75, 3.05) is 0 Å². The third kappa shape index (κ3) is 2.21. The van der Waals surface area contributed by atoms with Crippen LogP contribution in [0.25, 0.3) is 17.1 Å². The summed E-state index contributed by atoms with van der Waals surface area (Å²) in [5.74, 6) is -0.356. The number of aldehydes is 1. The highest BCUT2D eigenvalue weighted by molar-refractivity contribution is 5.84. The minimum absolute atomic E-state index is 0.356. The SMILES string of the molecule is O=Cc1cn(-c2cccc(F)c2)nc1-c1ccccn1. The fourth-order valence-corrected chi connectivity index (χ4v) is 1.93. The Morgan fingerprint density at radius 2 is 2.05 bits per heavy atom. The van der Waals surface area contributed by atoms with Crippen LogP contribution in [-0.2, 0) is 0 Å². The van der Waals surface area contributed by atoms with Crippen LogP contribution in [0.5, 0.6) is 0 Å². The van der Waals surface area contributed by atoms with Gasteiger partial charge in [-0.1, -0.05) is 12.1 Å². The van der Waals surface area contributed by atoms with E-state index < -0.39 is 0 Å². The number of carbonyl (C=O) groups is 1. The summed E-state index contributed by atoms with van der Waals surface area (Å²) in [7, 11) is 0. The smallest absolute Gasteiger partial charge is 0.153 e. The second kappa shape index (κ2) is 5.05. The number of carbonyl (C=O) groups excluding carboxylic acids is 1. The molecule has 0 unspecified atom stereocenters. The molecule has 2 heterocycles. The van der Waals surface area contributed by atoms with Crippen LogP contribution in [0.1, 0.15) is 10.4 Å². The normalized spacial score (nSPS) is 10.4. The molecule has 20 heavy (non-hydrogen) atoms. The summed E-state index contributed by atoms with van der Waals surface area (Å²) in [6.45, 7) is 0. The summed E-state index contributed by atoms with van der Waals surface area (Å²) in [5.41, 5.74) is 2.04. The first-order valence-corrected chi connectivity index (χ1v) is 6.00. The molecule has 0 fully saturated rings. The van der Waals surface area contributed by atoms with Gasteiger partial charge < -0.3 is 0 Å². The van der Waals surface area contributed by atoms with Gasteiger partial charge in [-0.25, -0.2) is 9.07 Å². The molecule has 0 radical (unpaired) electrons. The molecule has 4 nitrogen and oxygen atoms in total. The molecule has 3 aromatic rings. The van der Waals surface area contributed by atoms with Gasteiger partial charge in [0.2, 0.25) is 0 Å². The minimum atomic E-state index is -0.356. The third-order valence-corrected chi connectivity index (χ3v) is 2.85.